The molecule has 2 aromatic rings. The second-order valence-electron chi connectivity index (χ2n) is 4.83. The summed E-state index contributed by atoms with van der Waals surface area (Å²) in [4.78, 5) is 12.9. The molecule has 0 bridgehead atoms. The largest absolute Gasteiger partial charge is 0.486 e. The third-order valence-electron chi connectivity index (χ3n) is 3.28. The van der Waals surface area contributed by atoms with Gasteiger partial charge < -0.3 is 14.8 Å². The van der Waals surface area contributed by atoms with Crippen molar-refractivity contribution in [2.24, 2.45) is 0 Å². The van der Waals surface area contributed by atoms with E-state index in [-0.39, 0.29) is 11.9 Å². The molecule has 1 amide bonds. The Balaban J connectivity index is 1.73. The highest BCUT2D eigenvalue weighted by molar-refractivity contribution is 9.13. The lowest BCUT2D eigenvalue weighted by atomic mass is 10.1. The fraction of sp³-hybridized carbons (Fsp3) is 0.267. The van der Waals surface area contributed by atoms with Crippen molar-refractivity contribution in [2.45, 2.75) is 13.0 Å². The minimum Gasteiger partial charge on any atom is -0.486 e. The Kier molecular flexibility index (Phi) is 4.75. The van der Waals surface area contributed by atoms with Gasteiger partial charge in [-0.05, 0) is 62.5 Å². The summed E-state index contributed by atoms with van der Waals surface area (Å²) in [6.07, 6.45) is 0. The van der Waals surface area contributed by atoms with Gasteiger partial charge in [0.15, 0.2) is 11.5 Å². The number of hydrogen-bond acceptors (Lipinski definition) is 4. The Labute approximate surface area is 149 Å². The molecule has 1 aromatic carbocycles. The van der Waals surface area contributed by atoms with Crippen LogP contribution in [0, 0.1) is 0 Å². The summed E-state index contributed by atoms with van der Waals surface area (Å²) < 4.78 is 12.9. The number of amides is 1. The lowest BCUT2D eigenvalue weighted by Gasteiger charge is -2.21. The van der Waals surface area contributed by atoms with Crippen LogP contribution < -0.4 is 14.8 Å². The van der Waals surface area contributed by atoms with E-state index in [4.69, 9.17) is 9.47 Å². The smallest absolute Gasteiger partial charge is 0.261 e. The number of carbonyl (C=O) groups is 1. The van der Waals surface area contributed by atoms with Crippen LogP contribution in [-0.2, 0) is 0 Å². The van der Waals surface area contributed by atoms with E-state index in [1.165, 1.54) is 11.3 Å². The zero-order valence-electron chi connectivity index (χ0n) is 11.7. The molecule has 0 radical (unpaired) electrons. The van der Waals surface area contributed by atoms with Gasteiger partial charge in [0.25, 0.3) is 5.91 Å². The SMILES string of the molecule is CC(NC(=O)c1cc(Br)c(Br)s1)c1ccc2c(c1)OCCO2. The highest BCUT2D eigenvalue weighted by Gasteiger charge is 2.18. The van der Waals surface area contributed by atoms with Crippen LogP contribution in [0.3, 0.4) is 0 Å². The van der Waals surface area contributed by atoms with Crippen LogP contribution in [0.4, 0.5) is 0 Å². The number of carbonyl (C=O) groups excluding carboxylic acids is 1. The van der Waals surface area contributed by atoms with E-state index in [0.29, 0.717) is 18.1 Å². The first kappa shape index (κ1) is 15.8. The number of thiophene rings is 1. The van der Waals surface area contributed by atoms with E-state index in [9.17, 15) is 4.79 Å². The van der Waals surface area contributed by atoms with Gasteiger partial charge in [-0.3, -0.25) is 4.79 Å². The quantitative estimate of drug-likeness (QED) is 0.753. The second kappa shape index (κ2) is 6.60. The van der Waals surface area contributed by atoms with E-state index in [1.807, 2.05) is 25.1 Å². The topological polar surface area (TPSA) is 47.6 Å². The fourth-order valence-corrected chi connectivity index (χ4v) is 4.08. The predicted molar refractivity (Wildman–Crippen MR) is 93.0 cm³/mol. The molecule has 22 heavy (non-hydrogen) atoms. The number of nitrogens with one attached hydrogen (secondary N) is 1. The van der Waals surface area contributed by atoms with Gasteiger partial charge in [0.05, 0.1) is 14.7 Å². The number of ether oxygens (including phenoxy) is 2. The van der Waals surface area contributed by atoms with Crippen LogP contribution in [0.25, 0.3) is 0 Å². The molecule has 4 nitrogen and oxygen atoms in total. The van der Waals surface area contributed by atoms with Gasteiger partial charge in [0.1, 0.15) is 13.2 Å². The number of rotatable bonds is 3. The van der Waals surface area contributed by atoms with E-state index in [1.54, 1.807) is 6.07 Å². The Morgan fingerprint density at radius 3 is 2.64 bits per heavy atom. The molecule has 0 spiro atoms. The summed E-state index contributed by atoms with van der Waals surface area (Å²) in [5.74, 6) is 1.38. The summed E-state index contributed by atoms with van der Waals surface area (Å²) in [7, 11) is 0. The highest BCUT2D eigenvalue weighted by Crippen LogP contribution is 2.34. The second-order valence-corrected chi connectivity index (χ2v) is 8.05. The maximum atomic E-state index is 12.3. The molecule has 7 heteroatoms. The molecule has 0 saturated heterocycles. The van der Waals surface area contributed by atoms with Crippen molar-refractivity contribution in [3.63, 3.8) is 0 Å². The summed E-state index contributed by atoms with van der Waals surface area (Å²) in [5.41, 5.74) is 0.979. The van der Waals surface area contributed by atoms with Crippen LogP contribution in [0.5, 0.6) is 11.5 Å². The molecule has 2 heterocycles. The standard InChI is InChI=1S/C15H13Br2NO3S/c1-8(18-15(19)13-7-10(16)14(17)22-13)9-2-3-11-12(6-9)21-5-4-20-11/h2-3,6-8H,4-5H2,1H3,(H,18,19). The van der Waals surface area contributed by atoms with E-state index >= 15 is 0 Å². The molecular weight excluding hydrogens is 434 g/mol. The number of fused-ring (bicyclic) bond motifs is 1. The summed E-state index contributed by atoms with van der Waals surface area (Å²) >= 11 is 8.18. The molecule has 3 rings (SSSR count). The normalized spacial score (nSPS) is 14.5. The summed E-state index contributed by atoms with van der Waals surface area (Å²) in [6.45, 7) is 3.07. The minimum absolute atomic E-state index is 0.0983. The lowest BCUT2D eigenvalue weighted by molar-refractivity contribution is 0.0944. The average Bonchev–Trinajstić information content (AvgIpc) is 2.86. The fourth-order valence-electron chi connectivity index (χ4n) is 2.14. The van der Waals surface area contributed by atoms with Gasteiger partial charge >= 0.3 is 0 Å². The Morgan fingerprint density at radius 2 is 1.95 bits per heavy atom. The summed E-state index contributed by atoms with van der Waals surface area (Å²) in [6, 6.07) is 7.42. The molecule has 0 aliphatic carbocycles. The van der Waals surface area contributed by atoms with Gasteiger partial charge in [-0.15, -0.1) is 11.3 Å². The Hall–Kier alpha value is -1.05. The molecule has 0 saturated carbocycles. The average molecular weight is 447 g/mol. The lowest BCUT2D eigenvalue weighted by Crippen LogP contribution is -2.26. The summed E-state index contributed by atoms with van der Waals surface area (Å²) in [5, 5.41) is 2.99. The van der Waals surface area contributed by atoms with E-state index in [2.05, 4.69) is 37.2 Å². The van der Waals surface area contributed by atoms with Gasteiger partial charge in [-0.2, -0.15) is 0 Å². The zero-order valence-corrected chi connectivity index (χ0v) is 15.7. The Morgan fingerprint density at radius 1 is 1.23 bits per heavy atom. The molecular formula is C15H13Br2NO3S. The molecule has 1 aliphatic rings. The molecule has 116 valence electrons. The molecule has 1 atom stereocenters. The molecule has 0 fully saturated rings. The molecule has 1 aromatic heterocycles. The monoisotopic (exact) mass is 445 g/mol. The van der Waals surface area contributed by atoms with E-state index < -0.39 is 0 Å². The van der Waals surface area contributed by atoms with Crippen LogP contribution in [0.1, 0.15) is 28.2 Å². The number of hydrogen-bond donors (Lipinski definition) is 1. The van der Waals surface area contributed by atoms with Crippen LogP contribution in [-0.4, -0.2) is 19.1 Å². The number of halogens is 2. The van der Waals surface area contributed by atoms with Crippen molar-refractivity contribution in [2.75, 3.05) is 13.2 Å². The van der Waals surface area contributed by atoms with Gasteiger partial charge in [-0.25, -0.2) is 0 Å². The van der Waals surface area contributed by atoms with Gasteiger partial charge in [-0.1, -0.05) is 6.07 Å². The first-order valence-corrected chi connectivity index (χ1v) is 9.10. The van der Waals surface area contributed by atoms with Gasteiger partial charge in [0, 0.05) is 4.47 Å². The highest BCUT2D eigenvalue weighted by atomic mass is 79.9. The van der Waals surface area contributed by atoms with Crippen molar-refractivity contribution >= 4 is 49.1 Å². The van der Waals surface area contributed by atoms with Crippen LogP contribution in [0.2, 0.25) is 0 Å². The molecule has 1 aliphatic heterocycles. The third-order valence-corrected chi connectivity index (χ3v) is 6.54. The van der Waals surface area contributed by atoms with E-state index in [0.717, 1.165) is 25.3 Å². The predicted octanol–water partition coefficient (Wildman–Crippen LogP) is 4.54. The number of benzene rings is 1. The zero-order chi connectivity index (χ0) is 15.7. The van der Waals surface area contributed by atoms with Gasteiger partial charge in [0.2, 0.25) is 0 Å². The molecule has 1 unspecified atom stereocenters. The minimum atomic E-state index is -0.122. The third kappa shape index (κ3) is 3.31. The van der Waals surface area contributed by atoms with Crippen molar-refractivity contribution in [1.29, 1.82) is 0 Å². The van der Waals surface area contributed by atoms with Crippen molar-refractivity contribution in [1.82, 2.24) is 5.32 Å². The first-order valence-electron chi connectivity index (χ1n) is 6.70. The van der Waals surface area contributed by atoms with Crippen LogP contribution in [0.15, 0.2) is 32.5 Å². The van der Waals surface area contributed by atoms with Crippen LogP contribution >= 0.6 is 43.2 Å². The Bertz CT molecular complexity index is 697. The first-order chi connectivity index (χ1) is 10.5. The maximum Gasteiger partial charge on any atom is 0.261 e. The molecule has 1 N–H and O–H groups in total. The van der Waals surface area contributed by atoms with Crippen molar-refractivity contribution < 1.29 is 14.3 Å². The van der Waals surface area contributed by atoms with Crippen molar-refractivity contribution in [3.05, 3.63) is 43.0 Å². The van der Waals surface area contributed by atoms with Crippen molar-refractivity contribution in [3.8, 4) is 11.5 Å². The maximum absolute atomic E-state index is 12.3.